The van der Waals surface area contributed by atoms with E-state index in [-0.39, 0.29) is 11.5 Å². The monoisotopic (exact) mass is 366 g/mol. The SMILES string of the molecule is O=C(C=C(Nc1ccccc1)c1ccccc1)c1n[nH]nc1-c1ccccc1. The number of allylic oxidation sites excluding steroid dienone is 1. The van der Waals surface area contributed by atoms with Gasteiger partial charge in [0.05, 0.1) is 0 Å². The van der Waals surface area contributed by atoms with Gasteiger partial charge in [-0.3, -0.25) is 4.79 Å². The van der Waals surface area contributed by atoms with Gasteiger partial charge >= 0.3 is 0 Å². The lowest BCUT2D eigenvalue weighted by molar-refractivity contribution is 0.104. The van der Waals surface area contributed by atoms with Crippen molar-refractivity contribution in [1.29, 1.82) is 0 Å². The Balaban J connectivity index is 1.71. The second-order valence-corrected chi connectivity index (χ2v) is 6.17. The molecule has 5 nitrogen and oxygen atoms in total. The maximum Gasteiger partial charge on any atom is 0.210 e. The number of nitrogens with zero attached hydrogens (tertiary/aromatic N) is 2. The number of nitrogens with one attached hydrogen (secondary N) is 2. The number of hydrogen-bond donors (Lipinski definition) is 2. The zero-order valence-corrected chi connectivity index (χ0v) is 15.0. The van der Waals surface area contributed by atoms with E-state index in [1.54, 1.807) is 6.08 Å². The first-order valence-electron chi connectivity index (χ1n) is 8.91. The van der Waals surface area contributed by atoms with Gasteiger partial charge in [-0.2, -0.15) is 15.4 Å². The van der Waals surface area contributed by atoms with Gasteiger partial charge in [0.1, 0.15) is 5.69 Å². The summed E-state index contributed by atoms with van der Waals surface area (Å²) in [5.41, 5.74) is 4.16. The molecular weight excluding hydrogens is 348 g/mol. The molecule has 1 aromatic heterocycles. The van der Waals surface area contributed by atoms with Gasteiger partial charge in [0.2, 0.25) is 5.78 Å². The standard InChI is InChI=1S/C23H18N4O/c28-21(23-22(25-27-26-23)18-12-6-2-7-13-18)16-20(17-10-4-1-5-11-17)24-19-14-8-3-9-15-19/h1-16,24H,(H,25,26,27). The van der Waals surface area contributed by atoms with Crippen LogP contribution in [-0.2, 0) is 0 Å². The van der Waals surface area contributed by atoms with Crippen molar-refractivity contribution in [3.63, 3.8) is 0 Å². The van der Waals surface area contributed by atoms with Crippen molar-refractivity contribution >= 4 is 17.2 Å². The summed E-state index contributed by atoms with van der Waals surface area (Å²) in [5.74, 6) is -0.227. The number of aromatic nitrogens is 3. The molecule has 0 spiro atoms. The van der Waals surface area contributed by atoms with E-state index in [9.17, 15) is 4.79 Å². The molecule has 4 aromatic rings. The highest BCUT2D eigenvalue weighted by Crippen LogP contribution is 2.23. The normalized spacial score (nSPS) is 11.2. The molecule has 0 atom stereocenters. The maximum absolute atomic E-state index is 13.0. The summed E-state index contributed by atoms with van der Waals surface area (Å²) in [6.07, 6.45) is 1.56. The quantitative estimate of drug-likeness (QED) is 0.380. The van der Waals surface area contributed by atoms with Crippen molar-refractivity contribution < 1.29 is 4.79 Å². The molecule has 0 amide bonds. The van der Waals surface area contributed by atoms with E-state index >= 15 is 0 Å². The Kier molecular flexibility index (Phi) is 5.06. The largest absolute Gasteiger partial charge is 0.355 e. The molecule has 136 valence electrons. The van der Waals surface area contributed by atoms with E-state index in [1.165, 1.54) is 0 Å². The van der Waals surface area contributed by atoms with Crippen LogP contribution in [0, 0.1) is 0 Å². The minimum Gasteiger partial charge on any atom is -0.355 e. The molecule has 0 aliphatic carbocycles. The Morgan fingerprint density at radius 2 is 1.39 bits per heavy atom. The molecule has 0 unspecified atom stereocenters. The van der Waals surface area contributed by atoms with Crippen molar-refractivity contribution in [1.82, 2.24) is 15.4 Å². The van der Waals surface area contributed by atoms with E-state index in [0.717, 1.165) is 16.8 Å². The van der Waals surface area contributed by atoms with Gasteiger partial charge in [-0.25, -0.2) is 0 Å². The van der Waals surface area contributed by atoms with Crippen LogP contribution < -0.4 is 5.32 Å². The Bertz CT molecular complexity index is 1090. The third-order valence-electron chi connectivity index (χ3n) is 4.24. The first kappa shape index (κ1) is 17.4. The predicted molar refractivity (Wildman–Crippen MR) is 111 cm³/mol. The molecule has 0 aliphatic rings. The van der Waals surface area contributed by atoms with Gasteiger partial charge in [-0.15, -0.1) is 0 Å². The molecule has 0 saturated carbocycles. The second kappa shape index (κ2) is 8.14. The first-order chi connectivity index (χ1) is 13.8. The molecule has 1 heterocycles. The van der Waals surface area contributed by atoms with Crippen LogP contribution in [0.15, 0.2) is 97.1 Å². The fraction of sp³-hybridized carbons (Fsp3) is 0. The lowest BCUT2D eigenvalue weighted by Gasteiger charge is -2.11. The minimum absolute atomic E-state index is 0.227. The summed E-state index contributed by atoms with van der Waals surface area (Å²) in [4.78, 5) is 13.0. The van der Waals surface area contributed by atoms with E-state index in [2.05, 4.69) is 20.7 Å². The lowest BCUT2D eigenvalue weighted by atomic mass is 10.1. The second-order valence-electron chi connectivity index (χ2n) is 6.17. The average molecular weight is 366 g/mol. The summed E-state index contributed by atoms with van der Waals surface area (Å²) >= 11 is 0. The minimum atomic E-state index is -0.227. The topological polar surface area (TPSA) is 70.7 Å². The molecule has 0 bridgehead atoms. The Labute approximate surface area is 162 Å². The van der Waals surface area contributed by atoms with Crippen LogP contribution in [0.25, 0.3) is 17.0 Å². The number of para-hydroxylation sites is 1. The van der Waals surface area contributed by atoms with Gasteiger partial charge in [0.15, 0.2) is 5.69 Å². The van der Waals surface area contributed by atoms with Crippen molar-refractivity contribution in [2.75, 3.05) is 5.32 Å². The fourth-order valence-electron chi connectivity index (χ4n) is 2.89. The molecule has 0 saturated heterocycles. The van der Waals surface area contributed by atoms with Gasteiger partial charge in [-0.05, 0) is 17.7 Å². The molecule has 3 aromatic carbocycles. The van der Waals surface area contributed by atoms with Crippen LogP contribution in [0.2, 0.25) is 0 Å². The zero-order valence-electron chi connectivity index (χ0n) is 15.0. The van der Waals surface area contributed by atoms with Gasteiger partial charge < -0.3 is 5.32 Å². The highest BCUT2D eigenvalue weighted by atomic mass is 16.1. The molecule has 4 rings (SSSR count). The maximum atomic E-state index is 13.0. The summed E-state index contributed by atoms with van der Waals surface area (Å²) in [7, 11) is 0. The van der Waals surface area contributed by atoms with Crippen LogP contribution in [0.4, 0.5) is 5.69 Å². The smallest absolute Gasteiger partial charge is 0.210 e. The molecule has 0 fully saturated rings. The summed E-state index contributed by atoms with van der Waals surface area (Å²) in [6, 6.07) is 29.0. The third-order valence-corrected chi connectivity index (χ3v) is 4.24. The highest BCUT2D eigenvalue weighted by Gasteiger charge is 2.17. The summed E-state index contributed by atoms with van der Waals surface area (Å²) in [6.45, 7) is 0. The number of ketones is 1. The molecule has 2 N–H and O–H groups in total. The van der Waals surface area contributed by atoms with Crippen LogP contribution >= 0.6 is 0 Å². The van der Waals surface area contributed by atoms with Crippen LogP contribution in [0.3, 0.4) is 0 Å². The number of aromatic amines is 1. The van der Waals surface area contributed by atoms with Gasteiger partial charge in [-0.1, -0.05) is 78.9 Å². The predicted octanol–water partition coefficient (Wildman–Crippen LogP) is 4.81. The summed E-state index contributed by atoms with van der Waals surface area (Å²) in [5, 5.41) is 14.2. The number of hydrogen-bond acceptors (Lipinski definition) is 4. The van der Waals surface area contributed by atoms with E-state index < -0.39 is 0 Å². The number of carbonyl (C=O) groups excluding carboxylic acids is 1. The molecule has 0 aliphatic heterocycles. The number of benzene rings is 3. The van der Waals surface area contributed by atoms with E-state index in [4.69, 9.17) is 0 Å². The lowest BCUT2D eigenvalue weighted by Crippen LogP contribution is -2.05. The Morgan fingerprint density at radius 1 is 0.786 bits per heavy atom. The summed E-state index contributed by atoms with van der Waals surface area (Å²) < 4.78 is 0. The van der Waals surface area contributed by atoms with Crippen molar-refractivity contribution in [2.24, 2.45) is 0 Å². The third kappa shape index (κ3) is 3.88. The molecule has 5 heteroatoms. The highest BCUT2D eigenvalue weighted by molar-refractivity contribution is 6.11. The van der Waals surface area contributed by atoms with Crippen molar-refractivity contribution in [3.8, 4) is 11.3 Å². The molecule has 28 heavy (non-hydrogen) atoms. The number of carbonyl (C=O) groups is 1. The van der Waals surface area contributed by atoms with Crippen molar-refractivity contribution in [2.45, 2.75) is 0 Å². The van der Waals surface area contributed by atoms with Gasteiger partial charge in [0.25, 0.3) is 0 Å². The fourth-order valence-corrected chi connectivity index (χ4v) is 2.89. The first-order valence-corrected chi connectivity index (χ1v) is 8.91. The van der Waals surface area contributed by atoms with Gasteiger partial charge in [0, 0.05) is 23.0 Å². The van der Waals surface area contributed by atoms with Crippen LogP contribution in [0.1, 0.15) is 16.1 Å². The van der Waals surface area contributed by atoms with Crippen molar-refractivity contribution in [3.05, 3.63) is 108 Å². The van der Waals surface area contributed by atoms with E-state index in [1.807, 2.05) is 91.0 Å². The van der Waals surface area contributed by atoms with E-state index in [0.29, 0.717) is 11.4 Å². The number of H-pyrrole nitrogens is 1. The van der Waals surface area contributed by atoms with Crippen LogP contribution in [-0.4, -0.2) is 21.2 Å². The number of anilines is 1. The molecule has 0 radical (unpaired) electrons. The van der Waals surface area contributed by atoms with Crippen LogP contribution in [0.5, 0.6) is 0 Å². The Morgan fingerprint density at radius 3 is 2.07 bits per heavy atom. The Hall–Kier alpha value is -3.99. The zero-order chi connectivity index (χ0) is 19.2. The molecular formula is C23H18N4O. The number of rotatable bonds is 6. The average Bonchev–Trinajstić information content (AvgIpc) is 3.25.